The highest BCUT2D eigenvalue weighted by Gasteiger charge is 2.36. The topological polar surface area (TPSA) is 40.6 Å². The maximum atomic E-state index is 6.93. The van der Waals surface area contributed by atoms with Crippen molar-refractivity contribution >= 4 is 19.5 Å². The molecule has 3 aromatic carbocycles. The van der Waals surface area contributed by atoms with Crippen molar-refractivity contribution in [3.8, 4) is 17.2 Å². The van der Waals surface area contributed by atoms with Crippen LogP contribution in [0, 0.1) is 0 Å². The Balaban J connectivity index is 1.79. The Labute approximate surface area is 260 Å². The van der Waals surface area contributed by atoms with E-state index in [0.29, 0.717) is 12.2 Å². The normalized spacial score (nSPS) is 14.7. The largest absolute Gasteiger partial charge is 0.530 e. The molecule has 228 valence electrons. The molecule has 0 fully saturated rings. The first kappa shape index (κ1) is 31.3. The highest BCUT2D eigenvalue weighted by Crippen LogP contribution is 2.53. The fourth-order valence-electron chi connectivity index (χ4n) is 5.48. The van der Waals surface area contributed by atoms with E-state index in [1.807, 2.05) is 30.3 Å². The Kier molecular flexibility index (Phi) is 7.87. The third-order valence-electron chi connectivity index (χ3n) is 8.16. The van der Waals surface area contributed by atoms with Crippen LogP contribution in [-0.2, 0) is 28.1 Å². The van der Waals surface area contributed by atoms with E-state index >= 15 is 0 Å². The minimum Gasteiger partial charge on any atom is -0.408 e. The third-order valence-corrected chi connectivity index (χ3v) is 9.17. The molecule has 1 aromatic heterocycles. The fourth-order valence-corrected chi connectivity index (χ4v) is 6.63. The number of rotatable bonds is 2. The van der Waals surface area contributed by atoms with E-state index in [4.69, 9.17) is 13.6 Å². The number of para-hydroxylation sites is 1. The second-order valence-electron chi connectivity index (χ2n) is 16.0. The van der Waals surface area contributed by atoms with Crippen molar-refractivity contribution in [2.24, 2.45) is 0 Å². The Morgan fingerprint density at radius 3 is 1.58 bits per heavy atom. The van der Waals surface area contributed by atoms with Gasteiger partial charge in [0.25, 0.3) is 0 Å². The molecule has 0 amide bonds. The molecule has 4 aromatic rings. The number of aromatic nitrogens is 1. The Morgan fingerprint density at radius 1 is 0.628 bits per heavy atom. The fraction of sp³-hybridized carbons (Fsp3) is 0.447. The van der Waals surface area contributed by atoms with Crippen LogP contribution in [0.1, 0.15) is 116 Å². The van der Waals surface area contributed by atoms with Gasteiger partial charge in [0.15, 0.2) is 5.75 Å². The van der Waals surface area contributed by atoms with E-state index in [9.17, 15) is 0 Å². The van der Waals surface area contributed by atoms with Gasteiger partial charge < -0.3 is 13.6 Å². The minimum absolute atomic E-state index is 0.0174. The second-order valence-corrected chi connectivity index (χ2v) is 17.0. The van der Waals surface area contributed by atoms with Crippen molar-refractivity contribution in [2.75, 3.05) is 0 Å². The molecule has 5 heteroatoms. The zero-order valence-electron chi connectivity index (χ0n) is 28.1. The molecule has 1 aliphatic heterocycles. The number of pyridine rings is 1. The molecule has 0 aliphatic carbocycles. The molecule has 5 rings (SSSR count). The average molecular weight is 598 g/mol. The van der Waals surface area contributed by atoms with Crippen molar-refractivity contribution in [1.82, 2.24) is 4.98 Å². The van der Waals surface area contributed by atoms with Gasteiger partial charge in [0.2, 0.25) is 0 Å². The Bertz CT molecular complexity index is 1570. The van der Waals surface area contributed by atoms with Crippen LogP contribution in [0.15, 0.2) is 60.8 Å². The SMILES string of the molecule is CC(C)(C)c1cc2c(c(C(C)(C)C)c1)OP(Oc1cccc3cccnc13)Oc1c(cc(C(C)(C)C)cc1C(C)(C)C)C2. The standard InChI is InChI=1S/C38H48NO3P/c1-35(2,3)27-20-25-19-26-21-28(36(4,5)6)23-30(38(10,11)12)34(26)42-43(41-33(25)29(22-27)37(7,8)9)40-31-17-13-15-24-16-14-18-39-32(24)31/h13-18,20-23H,19H2,1-12H3. The zero-order valence-corrected chi connectivity index (χ0v) is 29.0. The molecule has 4 nitrogen and oxygen atoms in total. The van der Waals surface area contributed by atoms with Gasteiger partial charge in [-0.1, -0.05) is 126 Å². The van der Waals surface area contributed by atoms with Crippen LogP contribution in [0.25, 0.3) is 10.9 Å². The predicted octanol–water partition coefficient (Wildman–Crippen LogP) is 11.1. The van der Waals surface area contributed by atoms with E-state index in [1.165, 1.54) is 22.3 Å². The molecule has 0 radical (unpaired) electrons. The van der Waals surface area contributed by atoms with Crippen molar-refractivity contribution in [2.45, 2.75) is 111 Å². The summed E-state index contributed by atoms with van der Waals surface area (Å²) >= 11 is 0. The number of hydrogen-bond donors (Lipinski definition) is 0. The summed E-state index contributed by atoms with van der Waals surface area (Å²) in [5.41, 5.74) is 7.71. The van der Waals surface area contributed by atoms with Crippen LogP contribution < -0.4 is 13.6 Å². The van der Waals surface area contributed by atoms with Gasteiger partial charge in [0, 0.05) is 29.1 Å². The lowest BCUT2D eigenvalue weighted by molar-refractivity contribution is 0.370. The molecule has 43 heavy (non-hydrogen) atoms. The van der Waals surface area contributed by atoms with Crippen molar-refractivity contribution < 1.29 is 13.6 Å². The zero-order chi connectivity index (χ0) is 31.5. The van der Waals surface area contributed by atoms with Gasteiger partial charge in [0.1, 0.15) is 17.0 Å². The molecule has 0 N–H and O–H groups in total. The first-order valence-corrected chi connectivity index (χ1v) is 16.5. The molecule has 0 saturated carbocycles. The summed E-state index contributed by atoms with van der Waals surface area (Å²) in [6.45, 7) is 27.2. The van der Waals surface area contributed by atoms with Crippen LogP contribution >= 0.6 is 8.60 Å². The molecule has 0 saturated heterocycles. The third kappa shape index (κ3) is 6.55. The maximum absolute atomic E-state index is 6.93. The van der Waals surface area contributed by atoms with Crippen LogP contribution in [-0.4, -0.2) is 4.98 Å². The predicted molar refractivity (Wildman–Crippen MR) is 181 cm³/mol. The molecule has 0 spiro atoms. The van der Waals surface area contributed by atoms with Crippen LogP contribution in [0.2, 0.25) is 0 Å². The quantitative estimate of drug-likeness (QED) is 0.216. The van der Waals surface area contributed by atoms with Gasteiger partial charge in [-0.05, 0) is 56.0 Å². The molecular weight excluding hydrogens is 549 g/mol. The Hall–Kier alpha value is -3.10. The minimum atomic E-state index is -1.88. The Morgan fingerprint density at radius 2 is 1.12 bits per heavy atom. The summed E-state index contributed by atoms with van der Waals surface area (Å²) in [5.74, 6) is 2.38. The first-order chi connectivity index (χ1) is 19.8. The van der Waals surface area contributed by atoms with Crippen molar-refractivity contribution in [3.63, 3.8) is 0 Å². The van der Waals surface area contributed by atoms with E-state index in [1.54, 1.807) is 6.20 Å². The average Bonchev–Trinajstić information content (AvgIpc) is 2.86. The van der Waals surface area contributed by atoms with E-state index < -0.39 is 8.60 Å². The summed E-state index contributed by atoms with van der Waals surface area (Å²) in [5, 5.41) is 1.01. The second kappa shape index (κ2) is 10.8. The maximum Gasteiger partial charge on any atom is 0.530 e. The monoisotopic (exact) mass is 597 g/mol. The molecule has 1 aliphatic rings. The highest BCUT2D eigenvalue weighted by atomic mass is 31.2. The van der Waals surface area contributed by atoms with E-state index in [0.717, 1.165) is 33.5 Å². The lowest BCUT2D eigenvalue weighted by atomic mass is 9.76. The van der Waals surface area contributed by atoms with Crippen molar-refractivity contribution in [1.29, 1.82) is 0 Å². The van der Waals surface area contributed by atoms with Crippen molar-refractivity contribution in [3.05, 3.63) is 94.2 Å². The van der Waals surface area contributed by atoms with Crippen LogP contribution in [0.4, 0.5) is 0 Å². The molecular formula is C38H48NO3P. The number of benzene rings is 3. The lowest BCUT2D eigenvalue weighted by Crippen LogP contribution is -2.22. The summed E-state index contributed by atoms with van der Waals surface area (Å²) < 4.78 is 20.6. The van der Waals surface area contributed by atoms with Gasteiger partial charge >= 0.3 is 8.60 Å². The smallest absolute Gasteiger partial charge is 0.408 e. The molecule has 0 unspecified atom stereocenters. The highest BCUT2D eigenvalue weighted by molar-refractivity contribution is 7.43. The van der Waals surface area contributed by atoms with Crippen LogP contribution in [0.5, 0.6) is 17.2 Å². The van der Waals surface area contributed by atoms with E-state index in [-0.39, 0.29) is 21.7 Å². The van der Waals surface area contributed by atoms with Gasteiger partial charge in [-0.3, -0.25) is 4.98 Å². The number of hydrogen-bond acceptors (Lipinski definition) is 4. The van der Waals surface area contributed by atoms with Gasteiger partial charge in [-0.2, -0.15) is 0 Å². The summed E-state index contributed by atoms with van der Waals surface area (Å²) in [4.78, 5) is 4.64. The summed E-state index contributed by atoms with van der Waals surface area (Å²) in [6, 6.07) is 19.3. The number of nitrogens with zero attached hydrogens (tertiary/aromatic N) is 1. The van der Waals surface area contributed by atoms with Gasteiger partial charge in [-0.25, -0.2) is 0 Å². The molecule has 0 bridgehead atoms. The lowest BCUT2D eigenvalue weighted by Gasteiger charge is -2.34. The van der Waals surface area contributed by atoms with E-state index in [2.05, 4.69) is 112 Å². The first-order valence-electron chi connectivity index (χ1n) is 15.4. The van der Waals surface area contributed by atoms with Gasteiger partial charge in [0.05, 0.1) is 0 Å². The summed E-state index contributed by atoms with van der Waals surface area (Å²) in [7, 11) is -1.88. The van der Waals surface area contributed by atoms with Crippen LogP contribution in [0.3, 0.4) is 0 Å². The molecule has 0 atom stereocenters. The number of fused-ring (bicyclic) bond motifs is 3. The van der Waals surface area contributed by atoms with Gasteiger partial charge in [-0.15, -0.1) is 0 Å². The summed E-state index contributed by atoms with van der Waals surface area (Å²) in [6.07, 6.45) is 2.51. The molecule has 2 heterocycles.